The average Bonchev–Trinajstić information content (AvgIpc) is 3.16. The van der Waals surface area contributed by atoms with Gasteiger partial charge in [-0.2, -0.15) is 0 Å². The normalized spacial score (nSPS) is 25.3. The van der Waals surface area contributed by atoms with Crippen molar-refractivity contribution in [2.24, 2.45) is 0 Å². The van der Waals surface area contributed by atoms with Crippen molar-refractivity contribution in [3.63, 3.8) is 0 Å². The highest BCUT2D eigenvalue weighted by Gasteiger charge is 2.42. The number of imidazole rings is 1. The summed E-state index contributed by atoms with van der Waals surface area (Å²) in [5.74, 6) is 0.795. The molecular formula is C15H17ClN2O2S. The number of aliphatic hydroxyl groups excluding tert-OH is 1. The van der Waals surface area contributed by atoms with Gasteiger partial charge in [0.1, 0.15) is 4.93 Å². The average molecular weight is 325 g/mol. The fourth-order valence-corrected chi connectivity index (χ4v) is 3.98. The van der Waals surface area contributed by atoms with Gasteiger partial charge in [0.05, 0.1) is 19.0 Å². The largest absolute Gasteiger partial charge is 0.394 e. The van der Waals surface area contributed by atoms with E-state index < -0.39 is 4.93 Å². The highest BCUT2D eigenvalue weighted by atomic mass is 35.5. The second-order valence-corrected chi connectivity index (χ2v) is 6.76. The molecule has 0 saturated carbocycles. The fourth-order valence-electron chi connectivity index (χ4n) is 2.48. The highest BCUT2D eigenvalue weighted by molar-refractivity contribution is 8.00. The second kappa shape index (κ2) is 6.40. The van der Waals surface area contributed by atoms with E-state index in [4.69, 9.17) is 16.3 Å². The molecule has 0 bridgehead atoms. The number of hydrogen-bond donors (Lipinski definition) is 1. The summed E-state index contributed by atoms with van der Waals surface area (Å²) in [6, 6.07) is 7.77. The number of hydrogen-bond acceptors (Lipinski definition) is 4. The molecule has 0 unspecified atom stereocenters. The van der Waals surface area contributed by atoms with E-state index >= 15 is 0 Å². The summed E-state index contributed by atoms with van der Waals surface area (Å²) in [5, 5.41) is 10.1. The minimum atomic E-state index is -0.428. The SMILES string of the molecule is OC[C@H]1CS[C@](CCn2ccnc2)(c2ccc(Cl)cc2)O1. The minimum Gasteiger partial charge on any atom is -0.394 e. The van der Waals surface area contributed by atoms with Crippen molar-refractivity contribution in [1.82, 2.24) is 9.55 Å². The summed E-state index contributed by atoms with van der Waals surface area (Å²) in [5.41, 5.74) is 1.09. The lowest BCUT2D eigenvalue weighted by Crippen LogP contribution is -2.27. The third-order valence-corrected chi connectivity index (χ3v) is 5.40. The Morgan fingerprint density at radius 2 is 2.24 bits per heavy atom. The third-order valence-electron chi connectivity index (χ3n) is 3.61. The van der Waals surface area contributed by atoms with Gasteiger partial charge in [0.15, 0.2) is 0 Å². The van der Waals surface area contributed by atoms with E-state index in [0.29, 0.717) is 5.02 Å². The van der Waals surface area contributed by atoms with Gasteiger partial charge in [0.25, 0.3) is 0 Å². The van der Waals surface area contributed by atoms with Crippen LogP contribution in [0.1, 0.15) is 12.0 Å². The van der Waals surface area contributed by atoms with Crippen molar-refractivity contribution in [3.8, 4) is 0 Å². The van der Waals surface area contributed by atoms with Crippen molar-refractivity contribution in [2.45, 2.75) is 24.0 Å². The molecule has 21 heavy (non-hydrogen) atoms. The van der Waals surface area contributed by atoms with Crippen LogP contribution >= 0.6 is 23.4 Å². The molecule has 1 aliphatic heterocycles. The van der Waals surface area contributed by atoms with E-state index in [-0.39, 0.29) is 12.7 Å². The lowest BCUT2D eigenvalue weighted by Gasteiger charge is -2.29. The van der Waals surface area contributed by atoms with Crippen LogP contribution in [0.2, 0.25) is 5.02 Å². The van der Waals surface area contributed by atoms with E-state index in [2.05, 4.69) is 4.98 Å². The first-order chi connectivity index (χ1) is 10.2. The molecule has 6 heteroatoms. The lowest BCUT2D eigenvalue weighted by atomic mass is 10.1. The monoisotopic (exact) mass is 324 g/mol. The Kier molecular flexibility index (Phi) is 4.54. The molecule has 2 atom stereocenters. The van der Waals surface area contributed by atoms with Crippen LogP contribution in [-0.2, 0) is 16.2 Å². The Bertz CT molecular complexity index is 576. The van der Waals surface area contributed by atoms with Crippen LogP contribution in [-0.4, -0.2) is 33.1 Å². The maximum Gasteiger partial charge on any atom is 0.141 e. The number of aromatic nitrogens is 2. The molecule has 4 nitrogen and oxygen atoms in total. The molecule has 0 spiro atoms. The minimum absolute atomic E-state index is 0.0490. The van der Waals surface area contributed by atoms with E-state index in [0.717, 1.165) is 24.3 Å². The van der Waals surface area contributed by atoms with Gasteiger partial charge in [-0.3, -0.25) is 0 Å². The Morgan fingerprint density at radius 3 is 2.86 bits per heavy atom. The first-order valence-corrected chi connectivity index (χ1v) is 8.23. The molecule has 1 aliphatic rings. The third kappa shape index (κ3) is 3.26. The van der Waals surface area contributed by atoms with Crippen LogP contribution in [0, 0.1) is 0 Å². The Hall–Kier alpha value is -1.01. The Labute approximate surface area is 133 Å². The maximum atomic E-state index is 9.37. The number of nitrogens with zero attached hydrogens (tertiary/aromatic N) is 2. The molecule has 1 saturated heterocycles. The standard InChI is InChI=1S/C15H17ClN2O2S/c16-13-3-1-12(2-4-13)15(20-14(9-19)10-21-15)5-7-18-8-6-17-11-18/h1-4,6,8,11,14,19H,5,7,9-10H2/t14-,15+/m0/s1. The van der Waals surface area contributed by atoms with E-state index in [9.17, 15) is 5.11 Å². The molecule has 1 aromatic heterocycles. The van der Waals surface area contributed by atoms with Crippen molar-refractivity contribution < 1.29 is 9.84 Å². The predicted molar refractivity (Wildman–Crippen MR) is 84.4 cm³/mol. The number of halogens is 1. The molecule has 0 amide bonds. The summed E-state index contributed by atoms with van der Waals surface area (Å²) >= 11 is 7.72. The van der Waals surface area contributed by atoms with Crippen LogP contribution in [0.5, 0.6) is 0 Å². The number of benzene rings is 1. The summed E-state index contributed by atoms with van der Waals surface area (Å²) in [6.45, 7) is 0.862. The number of aliphatic hydroxyl groups is 1. The zero-order valence-electron chi connectivity index (χ0n) is 11.5. The number of rotatable bonds is 5. The molecular weight excluding hydrogens is 308 g/mol. The van der Waals surface area contributed by atoms with E-state index in [1.165, 1.54) is 0 Å². The first kappa shape index (κ1) is 14.9. The van der Waals surface area contributed by atoms with Crippen molar-refractivity contribution in [3.05, 3.63) is 53.6 Å². The number of aryl methyl sites for hydroxylation is 1. The summed E-state index contributed by atoms with van der Waals surface area (Å²) in [7, 11) is 0. The molecule has 2 aromatic rings. The van der Waals surface area contributed by atoms with Crippen molar-refractivity contribution >= 4 is 23.4 Å². The summed E-state index contributed by atoms with van der Waals surface area (Å²) < 4.78 is 8.19. The second-order valence-electron chi connectivity index (χ2n) is 5.04. The summed E-state index contributed by atoms with van der Waals surface area (Å²) in [6.07, 6.45) is 6.21. The van der Waals surface area contributed by atoms with E-state index in [1.54, 1.807) is 24.3 Å². The number of thioether (sulfide) groups is 1. The van der Waals surface area contributed by atoms with Gasteiger partial charge < -0.3 is 14.4 Å². The molecule has 1 fully saturated rings. The van der Waals surface area contributed by atoms with Crippen LogP contribution < -0.4 is 0 Å². The Morgan fingerprint density at radius 1 is 1.43 bits per heavy atom. The lowest BCUT2D eigenvalue weighted by molar-refractivity contribution is -0.0405. The quantitative estimate of drug-likeness (QED) is 0.918. The molecule has 1 aromatic carbocycles. The highest BCUT2D eigenvalue weighted by Crippen LogP contribution is 2.48. The molecule has 0 aliphatic carbocycles. The van der Waals surface area contributed by atoms with E-state index in [1.807, 2.05) is 35.0 Å². The zero-order chi connectivity index (χ0) is 14.7. The predicted octanol–water partition coefficient (Wildman–Crippen LogP) is 2.90. The maximum absolute atomic E-state index is 9.37. The number of ether oxygens (including phenoxy) is 1. The van der Waals surface area contributed by atoms with Gasteiger partial charge in [-0.1, -0.05) is 23.7 Å². The molecule has 2 heterocycles. The Balaban J connectivity index is 1.82. The molecule has 0 radical (unpaired) electrons. The first-order valence-electron chi connectivity index (χ1n) is 6.86. The van der Waals surface area contributed by atoms with Crippen LogP contribution in [0.4, 0.5) is 0 Å². The topological polar surface area (TPSA) is 47.3 Å². The van der Waals surface area contributed by atoms with Gasteiger partial charge in [-0.25, -0.2) is 4.98 Å². The van der Waals surface area contributed by atoms with Gasteiger partial charge in [-0.05, 0) is 17.7 Å². The van der Waals surface area contributed by atoms with Crippen LogP contribution in [0.25, 0.3) is 0 Å². The van der Waals surface area contributed by atoms with Crippen LogP contribution in [0.15, 0.2) is 43.0 Å². The smallest absolute Gasteiger partial charge is 0.141 e. The van der Waals surface area contributed by atoms with Crippen molar-refractivity contribution in [2.75, 3.05) is 12.4 Å². The molecule has 3 rings (SSSR count). The van der Waals surface area contributed by atoms with Crippen LogP contribution in [0.3, 0.4) is 0 Å². The van der Waals surface area contributed by atoms with Gasteiger partial charge in [0, 0.05) is 36.1 Å². The summed E-state index contributed by atoms with van der Waals surface area (Å²) in [4.78, 5) is 3.64. The van der Waals surface area contributed by atoms with Gasteiger partial charge in [-0.15, -0.1) is 11.8 Å². The van der Waals surface area contributed by atoms with Gasteiger partial charge in [0.2, 0.25) is 0 Å². The molecule has 1 N–H and O–H groups in total. The van der Waals surface area contributed by atoms with Gasteiger partial charge >= 0.3 is 0 Å². The molecule has 112 valence electrons. The fraction of sp³-hybridized carbons (Fsp3) is 0.400. The van der Waals surface area contributed by atoms with Crippen molar-refractivity contribution in [1.29, 1.82) is 0 Å². The zero-order valence-corrected chi connectivity index (χ0v) is 13.1.